The Kier molecular flexibility index (Phi) is 4.05. The topological polar surface area (TPSA) is 43.4 Å². The molecule has 0 fully saturated rings. The average Bonchev–Trinajstić information content (AvgIpc) is 2.57. The number of carbonyl (C=O) groups is 2. The fourth-order valence-corrected chi connectivity index (χ4v) is 2.97. The van der Waals surface area contributed by atoms with Gasteiger partial charge in [0.2, 0.25) is 0 Å². The molecule has 1 aliphatic rings. The van der Waals surface area contributed by atoms with Crippen LogP contribution in [0.5, 0.6) is 5.75 Å². The van der Waals surface area contributed by atoms with E-state index in [0.717, 1.165) is 29.7 Å². The van der Waals surface area contributed by atoms with E-state index in [9.17, 15) is 9.59 Å². The maximum atomic E-state index is 12.5. The van der Waals surface area contributed by atoms with Crippen molar-refractivity contribution >= 4 is 11.6 Å². The van der Waals surface area contributed by atoms with Crippen LogP contribution in [0.4, 0.5) is 0 Å². The quantitative estimate of drug-likeness (QED) is 0.807. The molecule has 3 rings (SSSR count). The van der Waals surface area contributed by atoms with E-state index in [0.29, 0.717) is 5.56 Å². The fourth-order valence-electron chi connectivity index (χ4n) is 2.97. The largest absolute Gasteiger partial charge is 0.497 e. The number of benzene rings is 2. The van der Waals surface area contributed by atoms with E-state index in [4.69, 9.17) is 4.74 Å². The van der Waals surface area contributed by atoms with E-state index in [1.165, 1.54) is 0 Å². The van der Waals surface area contributed by atoms with Gasteiger partial charge in [-0.25, -0.2) is 0 Å². The first-order chi connectivity index (χ1) is 10.7. The summed E-state index contributed by atoms with van der Waals surface area (Å²) in [5.74, 6) is 0.632. The molecule has 0 saturated heterocycles. The minimum absolute atomic E-state index is 0.0142. The molecule has 1 aliphatic carbocycles. The second-order valence-electron chi connectivity index (χ2n) is 5.61. The molecule has 0 aromatic heterocycles. The third-order valence-electron chi connectivity index (χ3n) is 4.26. The minimum Gasteiger partial charge on any atom is -0.497 e. The Hall–Kier alpha value is -2.42. The standard InChI is InChI=1S/C19H18O3/c1-22-16-10-8-14(9-11-16)18(20)12-15-7-6-13-4-2-3-5-17(13)19(15)21/h2-5,8-11,15H,6-7,12H2,1H3. The van der Waals surface area contributed by atoms with Gasteiger partial charge in [0.25, 0.3) is 0 Å². The van der Waals surface area contributed by atoms with Crippen LogP contribution < -0.4 is 4.74 Å². The highest BCUT2D eigenvalue weighted by Crippen LogP contribution is 2.28. The lowest BCUT2D eigenvalue weighted by molar-refractivity contribution is 0.0836. The van der Waals surface area contributed by atoms with Gasteiger partial charge in [0, 0.05) is 23.5 Å². The predicted molar refractivity (Wildman–Crippen MR) is 84.5 cm³/mol. The number of aryl methyl sites for hydroxylation is 1. The van der Waals surface area contributed by atoms with E-state index in [1.54, 1.807) is 31.4 Å². The summed E-state index contributed by atoms with van der Waals surface area (Å²) in [6.45, 7) is 0. The summed E-state index contributed by atoms with van der Waals surface area (Å²) in [6, 6.07) is 14.7. The monoisotopic (exact) mass is 294 g/mol. The smallest absolute Gasteiger partial charge is 0.166 e. The summed E-state index contributed by atoms with van der Waals surface area (Å²) < 4.78 is 5.09. The molecule has 0 aliphatic heterocycles. The number of hydrogen-bond acceptors (Lipinski definition) is 3. The molecule has 112 valence electrons. The van der Waals surface area contributed by atoms with Gasteiger partial charge in [0.05, 0.1) is 7.11 Å². The van der Waals surface area contributed by atoms with Gasteiger partial charge >= 0.3 is 0 Å². The number of fused-ring (bicyclic) bond motifs is 1. The number of ether oxygens (including phenoxy) is 1. The Labute approximate surface area is 129 Å². The zero-order valence-electron chi connectivity index (χ0n) is 12.5. The van der Waals surface area contributed by atoms with Gasteiger partial charge in [-0.3, -0.25) is 9.59 Å². The molecule has 0 heterocycles. The van der Waals surface area contributed by atoms with Crippen molar-refractivity contribution in [2.75, 3.05) is 7.11 Å². The minimum atomic E-state index is -0.204. The van der Waals surface area contributed by atoms with Gasteiger partial charge in [-0.05, 0) is 42.7 Å². The predicted octanol–water partition coefficient (Wildman–Crippen LogP) is 3.71. The van der Waals surface area contributed by atoms with Gasteiger partial charge < -0.3 is 4.74 Å². The Morgan fingerprint density at radius 2 is 1.86 bits per heavy atom. The molecule has 1 unspecified atom stereocenters. The van der Waals surface area contributed by atoms with Crippen LogP contribution >= 0.6 is 0 Å². The van der Waals surface area contributed by atoms with Crippen molar-refractivity contribution in [1.82, 2.24) is 0 Å². The third kappa shape index (κ3) is 2.80. The number of rotatable bonds is 4. The highest BCUT2D eigenvalue weighted by Gasteiger charge is 2.28. The van der Waals surface area contributed by atoms with E-state index >= 15 is 0 Å². The van der Waals surface area contributed by atoms with Crippen LogP contribution in [0.3, 0.4) is 0 Å². The Balaban J connectivity index is 1.73. The van der Waals surface area contributed by atoms with E-state index in [1.807, 2.05) is 24.3 Å². The summed E-state index contributed by atoms with van der Waals surface area (Å²) >= 11 is 0. The Bertz CT molecular complexity index is 701. The summed E-state index contributed by atoms with van der Waals surface area (Å²) in [5, 5.41) is 0. The average molecular weight is 294 g/mol. The highest BCUT2D eigenvalue weighted by molar-refractivity contribution is 6.04. The molecule has 2 aromatic rings. The molecule has 0 amide bonds. The molecular formula is C19H18O3. The number of hydrogen-bond donors (Lipinski definition) is 0. The number of carbonyl (C=O) groups excluding carboxylic acids is 2. The van der Waals surface area contributed by atoms with Crippen molar-refractivity contribution < 1.29 is 14.3 Å². The molecule has 1 atom stereocenters. The van der Waals surface area contributed by atoms with Crippen LogP contribution in [0.15, 0.2) is 48.5 Å². The van der Waals surface area contributed by atoms with Crippen LogP contribution in [0.1, 0.15) is 39.1 Å². The molecule has 0 N–H and O–H groups in total. The molecule has 0 spiro atoms. The molecule has 22 heavy (non-hydrogen) atoms. The van der Waals surface area contributed by atoms with Gasteiger partial charge in [0.1, 0.15) is 5.75 Å². The van der Waals surface area contributed by atoms with Gasteiger partial charge in [-0.15, -0.1) is 0 Å². The van der Waals surface area contributed by atoms with Crippen LogP contribution in [-0.2, 0) is 6.42 Å². The van der Waals surface area contributed by atoms with Crippen molar-refractivity contribution in [2.45, 2.75) is 19.3 Å². The zero-order chi connectivity index (χ0) is 15.5. The van der Waals surface area contributed by atoms with Gasteiger partial charge in [-0.1, -0.05) is 24.3 Å². The SMILES string of the molecule is COc1ccc(C(=O)CC2CCc3ccccc3C2=O)cc1. The summed E-state index contributed by atoms with van der Waals surface area (Å²) in [7, 11) is 1.59. The Morgan fingerprint density at radius 3 is 2.59 bits per heavy atom. The molecular weight excluding hydrogens is 276 g/mol. The lowest BCUT2D eigenvalue weighted by Crippen LogP contribution is -2.25. The van der Waals surface area contributed by atoms with Crippen molar-refractivity contribution in [1.29, 1.82) is 0 Å². The van der Waals surface area contributed by atoms with Crippen LogP contribution in [0.2, 0.25) is 0 Å². The lowest BCUT2D eigenvalue weighted by atomic mass is 9.80. The highest BCUT2D eigenvalue weighted by atomic mass is 16.5. The van der Waals surface area contributed by atoms with Gasteiger partial charge in [-0.2, -0.15) is 0 Å². The fraction of sp³-hybridized carbons (Fsp3) is 0.263. The van der Waals surface area contributed by atoms with E-state index in [-0.39, 0.29) is 23.9 Å². The first kappa shape index (κ1) is 14.5. The van der Waals surface area contributed by atoms with Gasteiger partial charge in [0.15, 0.2) is 11.6 Å². The molecule has 0 saturated carbocycles. The first-order valence-electron chi connectivity index (χ1n) is 7.48. The van der Waals surface area contributed by atoms with Crippen molar-refractivity contribution in [3.8, 4) is 5.75 Å². The van der Waals surface area contributed by atoms with Crippen molar-refractivity contribution in [3.63, 3.8) is 0 Å². The van der Waals surface area contributed by atoms with E-state index in [2.05, 4.69) is 0 Å². The van der Waals surface area contributed by atoms with Crippen molar-refractivity contribution in [3.05, 3.63) is 65.2 Å². The maximum Gasteiger partial charge on any atom is 0.166 e. The van der Waals surface area contributed by atoms with Crippen LogP contribution in [-0.4, -0.2) is 18.7 Å². The number of Topliss-reactive ketones (excluding diaryl/α,β-unsaturated/α-hetero) is 2. The number of ketones is 2. The second-order valence-corrected chi connectivity index (χ2v) is 5.61. The summed E-state index contributed by atoms with van der Waals surface area (Å²) in [4.78, 5) is 24.9. The molecule has 3 nitrogen and oxygen atoms in total. The molecule has 2 aromatic carbocycles. The molecule has 0 bridgehead atoms. The lowest BCUT2D eigenvalue weighted by Gasteiger charge is -2.22. The van der Waals surface area contributed by atoms with Crippen molar-refractivity contribution in [2.24, 2.45) is 5.92 Å². The summed E-state index contributed by atoms with van der Waals surface area (Å²) in [6.07, 6.45) is 1.89. The normalized spacial score (nSPS) is 17.0. The maximum absolute atomic E-state index is 12.5. The molecule has 0 radical (unpaired) electrons. The van der Waals surface area contributed by atoms with Crippen LogP contribution in [0.25, 0.3) is 0 Å². The van der Waals surface area contributed by atoms with Crippen LogP contribution in [0, 0.1) is 5.92 Å². The summed E-state index contributed by atoms with van der Waals surface area (Å²) in [5.41, 5.74) is 2.51. The third-order valence-corrected chi connectivity index (χ3v) is 4.26. The zero-order valence-corrected chi connectivity index (χ0v) is 12.5. The Morgan fingerprint density at radius 1 is 1.14 bits per heavy atom. The molecule has 3 heteroatoms. The first-order valence-corrected chi connectivity index (χ1v) is 7.48. The number of methoxy groups -OCH3 is 1. The second kappa shape index (κ2) is 6.14. The van der Waals surface area contributed by atoms with E-state index < -0.39 is 0 Å².